The van der Waals surface area contributed by atoms with Gasteiger partial charge >= 0.3 is 0 Å². The van der Waals surface area contributed by atoms with E-state index >= 15 is 0 Å². The molecule has 92 valence electrons. The normalized spacial score (nSPS) is 9.83. The molecule has 0 spiro atoms. The van der Waals surface area contributed by atoms with E-state index in [0.29, 0.717) is 13.0 Å². The van der Waals surface area contributed by atoms with Crippen LogP contribution >= 0.6 is 11.3 Å². The van der Waals surface area contributed by atoms with Gasteiger partial charge in [-0.15, -0.1) is 11.3 Å². The maximum atomic E-state index is 11.5. The van der Waals surface area contributed by atoms with E-state index in [-0.39, 0.29) is 12.2 Å². The molecule has 0 fully saturated rings. The Morgan fingerprint density at radius 3 is 3.17 bits per heavy atom. The predicted octanol–water partition coefficient (Wildman–Crippen LogP) is 1.09. The molecule has 0 unspecified atom stereocenters. The lowest BCUT2D eigenvalue weighted by Gasteiger charge is -1.99. The summed E-state index contributed by atoms with van der Waals surface area (Å²) in [7, 11) is 0. The number of nitrogens with zero attached hydrogens (tertiary/aromatic N) is 2. The van der Waals surface area contributed by atoms with Gasteiger partial charge in [-0.05, 0) is 12.1 Å². The lowest BCUT2D eigenvalue weighted by molar-refractivity contribution is 0.305. The van der Waals surface area contributed by atoms with Crippen molar-refractivity contribution in [1.82, 2.24) is 9.78 Å². The van der Waals surface area contributed by atoms with Crippen molar-refractivity contribution in [2.75, 3.05) is 6.61 Å². The Bertz CT molecular complexity index is 634. The summed E-state index contributed by atoms with van der Waals surface area (Å²) in [5.41, 5.74) is 0.797. The molecule has 0 saturated carbocycles. The smallest absolute Gasteiger partial charge is 0.267 e. The summed E-state index contributed by atoms with van der Waals surface area (Å²) in [5, 5.41) is 14.6. The first-order valence-electron chi connectivity index (χ1n) is 5.49. The van der Waals surface area contributed by atoms with E-state index in [9.17, 15) is 4.79 Å². The molecule has 1 N–H and O–H groups in total. The van der Waals surface area contributed by atoms with Crippen molar-refractivity contribution in [2.24, 2.45) is 0 Å². The van der Waals surface area contributed by atoms with Crippen molar-refractivity contribution in [3.63, 3.8) is 0 Å². The zero-order valence-corrected chi connectivity index (χ0v) is 10.5. The van der Waals surface area contributed by atoms with Crippen molar-refractivity contribution >= 4 is 11.3 Å². The van der Waals surface area contributed by atoms with E-state index in [2.05, 4.69) is 16.9 Å². The number of hydrogen-bond acceptors (Lipinski definition) is 4. The SMILES string of the molecule is O=c1cccnn1Cc1cc(C#CCCO)cs1. The van der Waals surface area contributed by atoms with Crippen LogP contribution < -0.4 is 5.56 Å². The van der Waals surface area contributed by atoms with Crippen LogP contribution in [0.1, 0.15) is 16.9 Å². The van der Waals surface area contributed by atoms with E-state index in [0.717, 1.165) is 10.4 Å². The molecule has 0 bridgehead atoms. The van der Waals surface area contributed by atoms with Crippen LogP contribution in [0, 0.1) is 11.8 Å². The Labute approximate surface area is 109 Å². The van der Waals surface area contributed by atoms with Gasteiger partial charge in [-0.3, -0.25) is 4.79 Å². The van der Waals surface area contributed by atoms with Crippen molar-refractivity contribution in [3.8, 4) is 11.8 Å². The molecule has 2 heterocycles. The fourth-order valence-corrected chi connectivity index (χ4v) is 2.20. The van der Waals surface area contributed by atoms with Gasteiger partial charge < -0.3 is 5.11 Å². The molecule has 2 aromatic rings. The van der Waals surface area contributed by atoms with Crippen molar-refractivity contribution in [1.29, 1.82) is 0 Å². The molecule has 0 aliphatic carbocycles. The highest BCUT2D eigenvalue weighted by molar-refractivity contribution is 7.10. The molecule has 0 aromatic carbocycles. The summed E-state index contributed by atoms with van der Waals surface area (Å²) in [4.78, 5) is 12.5. The zero-order chi connectivity index (χ0) is 12.8. The highest BCUT2D eigenvalue weighted by Gasteiger charge is 2.01. The molecular formula is C13H12N2O2S. The third-order valence-electron chi connectivity index (χ3n) is 2.21. The van der Waals surface area contributed by atoms with Gasteiger partial charge in [0.05, 0.1) is 13.2 Å². The predicted molar refractivity (Wildman–Crippen MR) is 70.5 cm³/mol. The fraction of sp³-hybridized carbons (Fsp3) is 0.231. The maximum absolute atomic E-state index is 11.5. The fourth-order valence-electron chi connectivity index (χ4n) is 1.40. The van der Waals surface area contributed by atoms with Crippen LogP contribution in [0.15, 0.2) is 34.6 Å². The summed E-state index contributed by atoms with van der Waals surface area (Å²) >= 11 is 1.55. The van der Waals surface area contributed by atoms with Gasteiger partial charge in [0.15, 0.2) is 0 Å². The lowest BCUT2D eigenvalue weighted by Crippen LogP contribution is -2.21. The summed E-state index contributed by atoms with van der Waals surface area (Å²) in [6.07, 6.45) is 2.07. The molecule has 0 radical (unpaired) electrons. The van der Waals surface area contributed by atoms with E-state index < -0.39 is 0 Å². The summed E-state index contributed by atoms with van der Waals surface area (Å²) < 4.78 is 1.41. The second-order valence-corrected chi connectivity index (χ2v) is 4.59. The summed E-state index contributed by atoms with van der Waals surface area (Å²) in [5.74, 6) is 5.82. The van der Waals surface area contributed by atoms with Gasteiger partial charge in [0.1, 0.15) is 0 Å². The minimum Gasteiger partial charge on any atom is -0.395 e. The second-order valence-electron chi connectivity index (χ2n) is 3.60. The van der Waals surface area contributed by atoms with Gasteiger partial charge in [0.2, 0.25) is 0 Å². The third kappa shape index (κ3) is 3.29. The number of thiophene rings is 1. The Hall–Kier alpha value is -1.90. The number of hydrogen-bond donors (Lipinski definition) is 1. The van der Waals surface area contributed by atoms with Crippen LogP contribution in [0.25, 0.3) is 0 Å². The average molecular weight is 260 g/mol. The standard InChI is InChI=1S/C13H12N2O2S/c16-7-2-1-4-11-8-12(18-10-11)9-15-13(17)5-3-6-14-15/h3,5-6,8,10,16H,2,7,9H2. The van der Waals surface area contributed by atoms with Crippen LogP contribution in [0.2, 0.25) is 0 Å². The molecule has 0 aliphatic rings. The van der Waals surface area contributed by atoms with E-state index in [1.807, 2.05) is 11.4 Å². The molecule has 5 heteroatoms. The number of rotatable bonds is 3. The van der Waals surface area contributed by atoms with Gasteiger partial charge in [-0.25, -0.2) is 4.68 Å². The molecule has 0 saturated heterocycles. The first-order valence-corrected chi connectivity index (χ1v) is 6.37. The number of aliphatic hydroxyl groups excluding tert-OH is 1. The minimum atomic E-state index is -0.112. The van der Waals surface area contributed by atoms with E-state index in [1.54, 1.807) is 23.6 Å². The minimum absolute atomic E-state index is 0.0767. The first-order chi connectivity index (χ1) is 8.79. The molecule has 18 heavy (non-hydrogen) atoms. The highest BCUT2D eigenvalue weighted by Crippen LogP contribution is 2.14. The quantitative estimate of drug-likeness (QED) is 0.840. The zero-order valence-electron chi connectivity index (χ0n) is 9.67. The lowest BCUT2D eigenvalue weighted by atomic mass is 10.3. The Morgan fingerprint density at radius 2 is 2.39 bits per heavy atom. The van der Waals surface area contributed by atoms with E-state index in [1.165, 1.54) is 10.7 Å². The van der Waals surface area contributed by atoms with E-state index in [4.69, 9.17) is 5.11 Å². The van der Waals surface area contributed by atoms with Crippen LogP contribution in [0.3, 0.4) is 0 Å². The summed E-state index contributed by atoms with van der Waals surface area (Å²) in [6, 6.07) is 5.05. The second kappa shape index (κ2) is 6.15. The molecule has 2 aromatic heterocycles. The molecule has 4 nitrogen and oxygen atoms in total. The van der Waals surface area contributed by atoms with Crippen LogP contribution in [-0.2, 0) is 6.54 Å². The average Bonchev–Trinajstić information content (AvgIpc) is 2.80. The van der Waals surface area contributed by atoms with Gasteiger partial charge in [-0.2, -0.15) is 5.10 Å². The van der Waals surface area contributed by atoms with Crippen molar-refractivity contribution in [3.05, 3.63) is 50.6 Å². The monoisotopic (exact) mass is 260 g/mol. The van der Waals surface area contributed by atoms with Gasteiger partial charge in [0.25, 0.3) is 5.56 Å². The maximum Gasteiger partial charge on any atom is 0.267 e. The largest absolute Gasteiger partial charge is 0.395 e. The van der Waals surface area contributed by atoms with Crippen LogP contribution in [0.5, 0.6) is 0 Å². The van der Waals surface area contributed by atoms with Gasteiger partial charge in [-0.1, -0.05) is 11.8 Å². The third-order valence-corrected chi connectivity index (χ3v) is 3.14. The van der Waals surface area contributed by atoms with Crippen molar-refractivity contribution < 1.29 is 5.11 Å². The number of aliphatic hydroxyl groups is 1. The molecule has 0 atom stereocenters. The highest BCUT2D eigenvalue weighted by atomic mass is 32.1. The Morgan fingerprint density at radius 1 is 1.50 bits per heavy atom. The Balaban J connectivity index is 2.10. The Kier molecular flexibility index (Phi) is 4.29. The summed E-state index contributed by atoms with van der Waals surface area (Å²) in [6.45, 7) is 0.541. The van der Waals surface area contributed by atoms with Crippen LogP contribution in [-0.4, -0.2) is 21.5 Å². The number of aromatic nitrogens is 2. The molecule has 0 amide bonds. The molecule has 0 aliphatic heterocycles. The van der Waals surface area contributed by atoms with Crippen molar-refractivity contribution in [2.45, 2.75) is 13.0 Å². The topological polar surface area (TPSA) is 55.1 Å². The molecule has 2 rings (SSSR count). The molecular weight excluding hydrogens is 248 g/mol. The van der Waals surface area contributed by atoms with Gasteiger partial charge in [0, 0.05) is 34.5 Å². The van der Waals surface area contributed by atoms with Crippen LogP contribution in [0.4, 0.5) is 0 Å². The first kappa shape index (κ1) is 12.6.